The Balaban J connectivity index is 2.71. The Bertz CT molecular complexity index is 593. The molecule has 0 bridgehead atoms. The minimum atomic E-state index is -4.42. The van der Waals surface area contributed by atoms with Crippen molar-refractivity contribution in [2.75, 3.05) is 19.7 Å². The molecule has 0 aliphatic heterocycles. The van der Waals surface area contributed by atoms with Crippen LogP contribution in [-0.4, -0.2) is 48.1 Å². The normalized spacial score (nSPS) is 11.8. The highest BCUT2D eigenvalue weighted by Gasteiger charge is 2.28. The lowest BCUT2D eigenvalue weighted by molar-refractivity contribution is -0.153. The second-order valence-electron chi connectivity index (χ2n) is 6.55. The number of carbonyl (C=O) groups is 2. The van der Waals surface area contributed by atoms with Crippen molar-refractivity contribution in [3.05, 3.63) is 29.8 Å². The van der Waals surface area contributed by atoms with Gasteiger partial charge in [0, 0.05) is 17.6 Å². The Morgan fingerprint density at radius 3 is 2.12 bits per heavy atom. The molecule has 2 amide bonds. The second kappa shape index (κ2) is 8.22. The fourth-order valence-electron chi connectivity index (χ4n) is 2.00. The number of carbonyl (C=O) groups excluding carboxylic acids is 2. The standard InChI is InChI=1S/C17H23F3N2O3/c1-5-22(10-14(23)21-16(2,3)4)15(24)12-6-8-13(9-7-12)25-11-17(18,19)20/h6-9H,5,10-11H2,1-4H3,(H,21,23). The highest BCUT2D eigenvalue weighted by atomic mass is 19.4. The highest BCUT2D eigenvalue weighted by molar-refractivity contribution is 5.96. The van der Waals surface area contributed by atoms with Crippen LogP contribution in [0.4, 0.5) is 13.2 Å². The third-order valence-corrected chi connectivity index (χ3v) is 3.02. The lowest BCUT2D eigenvalue weighted by Gasteiger charge is -2.25. The summed E-state index contributed by atoms with van der Waals surface area (Å²) in [6, 6.07) is 5.33. The number of nitrogens with zero attached hydrogens (tertiary/aromatic N) is 1. The Morgan fingerprint density at radius 1 is 1.12 bits per heavy atom. The van der Waals surface area contributed by atoms with Gasteiger partial charge in [0.25, 0.3) is 5.91 Å². The van der Waals surface area contributed by atoms with Gasteiger partial charge in [-0.1, -0.05) is 0 Å². The van der Waals surface area contributed by atoms with Gasteiger partial charge in [0.1, 0.15) is 5.75 Å². The first kappa shape index (κ1) is 20.8. The van der Waals surface area contributed by atoms with E-state index in [4.69, 9.17) is 0 Å². The van der Waals surface area contributed by atoms with Crippen molar-refractivity contribution in [3.63, 3.8) is 0 Å². The number of amides is 2. The third-order valence-electron chi connectivity index (χ3n) is 3.02. The smallest absolute Gasteiger partial charge is 0.422 e. The highest BCUT2D eigenvalue weighted by Crippen LogP contribution is 2.19. The van der Waals surface area contributed by atoms with E-state index in [1.165, 1.54) is 29.2 Å². The molecule has 140 valence electrons. The first-order valence-electron chi connectivity index (χ1n) is 7.81. The lowest BCUT2D eigenvalue weighted by Crippen LogP contribution is -2.47. The zero-order valence-electron chi connectivity index (χ0n) is 14.7. The lowest BCUT2D eigenvalue weighted by atomic mass is 10.1. The van der Waals surface area contributed by atoms with Crippen molar-refractivity contribution >= 4 is 11.8 Å². The molecule has 0 aliphatic rings. The van der Waals surface area contributed by atoms with Crippen LogP contribution in [0.25, 0.3) is 0 Å². The molecule has 8 heteroatoms. The molecule has 0 saturated carbocycles. The number of alkyl halides is 3. The Morgan fingerprint density at radius 2 is 1.68 bits per heavy atom. The molecule has 0 aliphatic carbocycles. The molecule has 0 unspecified atom stereocenters. The van der Waals surface area contributed by atoms with Gasteiger partial charge in [-0.05, 0) is 52.0 Å². The third kappa shape index (κ3) is 7.91. The second-order valence-corrected chi connectivity index (χ2v) is 6.55. The predicted octanol–water partition coefficient (Wildman–Crippen LogP) is 3.00. The maximum Gasteiger partial charge on any atom is 0.422 e. The quantitative estimate of drug-likeness (QED) is 0.848. The Kier molecular flexibility index (Phi) is 6.84. The summed E-state index contributed by atoms with van der Waals surface area (Å²) in [5, 5.41) is 2.77. The molecule has 0 spiro atoms. The molecule has 1 aromatic carbocycles. The summed E-state index contributed by atoms with van der Waals surface area (Å²) in [6.07, 6.45) is -4.42. The number of hydrogen-bond donors (Lipinski definition) is 1. The molecule has 0 heterocycles. The number of halogens is 3. The van der Waals surface area contributed by atoms with E-state index < -0.39 is 18.3 Å². The largest absolute Gasteiger partial charge is 0.484 e. The van der Waals surface area contributed by atoms with Crippen LogP contribution in [0.5, 0.6) is 5.75 Å². The zero-order chi connectivity index (χ0) is 19.3. The summed E-state index contributed by atoms with van der Waals surface area (Å²) in [7, 11) is 0. The van der Waals surface area contributed by atoms with Gasteiger partial charge in [0.15, 0.2) is 6.61 Å². The predicted molar refractivity (Wildman–Crippen MR) is 87.5 cm³/mol. The SMILES string of the molecule is CCN(CC(=O)NC(C)(C)C)C(=O)c1ccc(OCC(F)(F)F)cc1. The van der Waals surface area contributed by atoms with Crippen molar-refractivity contribution in [1.82, 2.24) is 10.2 Å². The van der Waals surface area contributed by atoms with Gasteiger partial charge in [0.2, 0.25) is 5.91 Å². The molecule has 25 heavy (non-hydrogen) atoms. The number of benzene rings is 1. The molecule has 0 saturated heterocycles. The van der Waals surface area contributed by atoms with Crippen LogP contribution >= 0.6 is 0 Å². The minimum Gasteiger partial charge on any atom is -0.484 e. The molecule has 5 nitrogen and oxygen atoms in total. The van der Waals surface area contributed by atoms with Crippen molar-refractivity contribution in [1.29, 1.82) is 0 Å². The summed E-state index contributed by atoms with van der Waals surface area (Å²) in [6.45, 7) is 6.08. The van der Waals surface area contributed by atoms with Crippen molar-refractivity contribution in [2.24, 2.45) is 0 Å². The van der Waals surface area contributed by atoms with E-state index in [0.717, 1.165) is 0 Å². The summed E-state index contributed by atoms with van der Waals surface area (Å²) in [5.41, 5.74) is -0.137. The van der Waals surface area contributed by atoms with Crippen LogP contribution in [0.15, 0.2) is 24.3 Å². The summed E-state index contributed by atoms with van der Waals surface area (Å²) >= 11 is 0. The maximum absolute atomic E-state index is 12.4. The number of likely N-dealkylation sites (N-methyl/N-ethyl adjacent to an activating group) is 1. The average Bonchev–Trinajstić information content (AvgIpc) is 2.48. The van der Waals surface area contributed by atoms with Gasteiger partial charge in [-0.25, -0.2) is 0 Å². The van der Waals surface area contributed by atoms with Crippen molar-refractivity contribution in [2.45, 2.75) is 39.4 Å². The van der Waals surface area contributed by atoms with Crippen molar-refractivity contribution < 1.29 is 27.5 Å². The van der Waals surface area contributed by atoms with Crippen molar-refractivity contribution in [3.8, 4) is 5.75 Å². The Labute approximate surface area is 145 Å². The number of rotatable bonds is 6. The summed E-state index contributed by atoms with van der Waals surface area (Å²) < 4.78 is 40.9. The van der Waals surface area contributed by atoms with Gasteiger partial charge in [0.05, 0.1) is 6.54 Å². The molecule has 1 aromatic rings. The fourth-order valence-corrected chi connectivity index (χ4v) is 2.00. The van der Waals surface area contributed by atoms with Gasteiger partial charge >= 0.3 is 6.18 Å². The molecule has 0 radical (unpaired) electrons. The van der Waals surface area contributed by atoms with Gasteiger partial charge in [-0.3, -0.25) is 9.59 Å². The first-order chi connectivity index (χ1) is 11.4. The van der Waals surface area contributed by atoms with Crippen LogP contribution in [0.1, 0.15) is 38.1 Å². The fraction of sp³-hybridized carbons (Fsp3) is 0.529. The summed E-state index contributed by atoms with van der Waals surface area (Å²) in [5.74, 6) is -0.649. The number of ether oxygens (including phenoxy) is 1. The van der Waals surface area contributed by atoms with E-state index >= 15 is 0 Å². The van der Waals surface area contributed by atoms with Crippen LogP contribution < -0.4 is 10.1 Å². The van der Waals surface area contributed by atoms with E-state index in [0.29, 0.717) is 6.54 Å². The first-order valence-corrected chi connectivity index (χ1v) is 7.81. The van der Waals surface area contributed by atoms with Crippen LogP contribution in [0.2, 0.25) is 0 Å². The van der Waals surface area contributed by atoms with Crippen LogP contribution in [-0.2, 0) is 4.79 Å². The molecule has 0 atom stereocenters. The molecular formula is C17H23F3N2O3. The van der Waals surface area contributed by atoms with Crippen LogP contribution in [0.3, 0.4) is 0 Å². The van der Waals surface area contributed by atoms with E-state index in [2.05, 4.69) is 10.1 Å². The number of hydrogen-bond acceptors (Lipinski definition) is 3. The van der Waals surface area contributed by atoms with E-state index in [-0.39, 0.29) is 29.7 Å². The van der Waals surface area contributed by atoms with Gasteiger partial charge < -0.3 is 15.0 Å². The minimum absolute atomic E-state index is 0.0161. The Hall–Kier alpha value is -2.25. The van der Waals surface area contributed by atoms with Gasteiger partial charge in [-0.15, -0.1) is 0 Å². The maximum atomic E-state index is 12.4. The average molecular weight is 360 g/mol. The van der Waals surface area contributed by atoms with Crippen LogP contribution in [0, 0.1) is 0 Å². The molecule has 0 aromatic heterocycles. The zero-order valence-corrected chi connectivity index (χ0v) is 14.7. The summed E-state index contributed by atoms with van der Waals surface area (Å²) in [4.78, 5) is 25.7. The number of nitrogens with one attached hydrogen (secondary N) is 1. The molecule has 0 fully saturated rings. The molecule has 1 N–H and O–H groups in total. The monoisotopic (exact) mass is 360 g/mol. The van der Waals surface area contributed by atoms with E-state index in [1.54, 1.807) is 6.92 Å². The van der Waals surface area contributed by atoms with Gasteiger partial charge in [-0.2, -0.15) is 13.2 Å². The topological polar surface area (TPSA) is 58.6 Å². The molecule has 1 rings (SSSR count). The molecular weight excluding hydrogens is 337 g/mol. The van der Waals surface area contributed by atoms with E-state index in [9.17, 15) is 22.8 Å². The van der Waals surface area contributed by atoms with E-state index in [1.807, 2.05) is 20.8 Å².